The van der Waals surface area contributed by atoms with Gasteiger partial charge in [0.05, 0.1) is 18.1 Å². The van der Waals surface area contributed by atoms with Gasteiger partial charge >= 0.3 is 5.97 Å². The van der Waals surface area contributed by atoms with Crippen molar-refractivity contribution in [3.05, 3.63) is 0 Å². The third kappa shape index (κ3) is 5.11. The van der Waals surface area contributed by atoms with E-state index in [9.17, 15) is 9.90 Å². The molecule has 1 atom stereocenters. The zero-order valence-corrected chi connectivity index (χ0v) is 12.7. The van der Waals surface area contributed by atoms with E-state index in [-0.39, 0.29) is 11.9 Å². The highest BCUT2D eigenvalue weighted by Crippen LogP contribution is 2.32. The largest absolute Gasteiger partial charge is 0.466 e. The predicted molar refractivity (Wildman–Crippen MR) is 75.8 cm³/mol. The zero-order chi connectivity index (χ0) is 14.5. The molecule has 1 unspecified atom stereocenters. The minimum Gasteiger partial charge on any atom is -0.466 e. The zero-order valence-electron chi connectivity index (χ0n) is 12.7. The first-order valence-corrected chi connectivity index (χ1v) is 7.50. The van der Waals surface area contributed by atoms with Crippen LogP contribution in [0.25, 0.3) is 0 Å². The molecule has 1 saturated carbocycles. The van der Waals surface area contributed by atoms with Gasteiger partial charge in [0.15, 0.2) is 0 Å². The van der Waals surface area contributed by atoms with Crippen LogP contribution in [0.4, 0.5) is 0 Å². The first-order chi connectivity index (χ1) is 8.88. The van der Waals surface area contributed by atoms with Crippen molar-refractivity contribution in [2.75, 3.05) is 13.2 Å². The fourth-order valence-corrected chi connectivity index (χ4v) is 2.41. The molecule has 4 nitrogen and oxygen atoms in total. The standard InChI is InChI=1S/C15H29NO3/c1-5-19-14(17)13-6-8-15(18,9-7-13)10-16-12(4)11(2)3/h11-13,16,18H,5-10H2,1-4H3. The summed E-state index contributed by atoms with van der Waals surface area (Å²) in [5.74, 6) is 0.426. The summed E-state index contributed by atoms with van der Waals surface area (Å²) >= 11 is 0. The van der Waals surface area contributed by atoms with Gasteiger partial charge in [-0.1, -0.05) is 13.8 Å². The topological polar surface area (TPSA) is 58.6 Å². The Labute approximate surface area is 116 Å². The Morgan fingerprint density at radius 1 is 1.37 bits per heavy atom. The Hall–Kier alpha value is -0.610. The van der Waals surface area contributed by atoms with Crippen molar-refractivity contribution < 1.29 is 14.6 Å². The van der Waals surface area contributed by atoms with Gasteiger partial charge in [0.25, 0.3) is 0 Å². The molecule has 0 bridgehead atoms. The summed E-state index contributed by atoms with van der Waals surface area (Å²) in [4.78, 5) is 11.6. The molecule has 19 heavy (non-hydrogen) atoms. The number of nitrogens with one attached hydrogen (secondary N) is 1. The smallest absolute Gasteiger partial charge is 0.308 e. The summed E-state index contributed by atoms with van der Waals surface area (Å²) in [5.41, 5.74) is -0.661. The second-order valence-corrected chi connectivity index (χ2v) is 6.16. The van der Waals surface area contributed by atoms with Crippen LogP contribution in [0.5, 0.6) is 0 Å². The molecule has 1 rings (SSSR count). The molecule has 0 aromatic rings. The molecule has 1 aliphatic rings. The van der Waals surface area contributed by atoms with Gasteiger partial charge in [-0.15, -0.1) is 0 Å². The Morgan fingerprint density at radius 3 is 2.42 bits per heavy atom. The van der Waals surface area contributed by atoms with E-state index >= 15 is 0 Å². The molecule has 2 N–H and O–H groups in total. The Balaban J connectivity index is 2.36. The van der Waals surface area contributed by atoms with Gasteiger partial charge in [-0.3, -0.25) is 4.79 Å². The third-order valence-corrected chi connectivity index (χ3v) is 4.29. The van der Waals surface area contributed by atoms with Crippen molar-refractivity contribution in [2.24, 2.45) is 11.8 Å². The summed E-state index contributed by atoms with van der Waals surface area (Å²) in [6.07, 6.45) is 2.81. The van der Waals surface area contributed by atoms with Gasteiger partial charge in [-0.2, -0.15) is 0 Å². The van der Waals surface area contributed by atoms with Gasteiger partial charge in [-0.25, -0.2) is 0 Å². The molecule has 1 fully saturated rings. The van der Waals surface area contributed by atoms with Crippen molar-refractivity contribution in [3.8, 4) is 0 Å². The fourth-order valence-electron chi connectivity index (χ4n) is 2.41. The van der Waals surface area contributed by atoms with Gasteiger partial charge < -0.3 is 15.2 Å². The van der Waals surface area contributed by atoms with Gasteiger partial charge in [-0.05, 0) is 45.4 Å². The molecule has 0 aliphatic heterocycles. The molecule has 112 valence electrons. The minimum atomic E-state index is -0.661. The summed E-state index contributed by atoms with van der Waals surface area (Å²) in [6.45, 7) is 9.35. The lowest BCUT2D eigenvalue weighted by molar-refractivity contribution is -0.151. The number of hydrogen-bond donors (Lipinski definition) is 2. The Kier molecular flexibility index (Phi) is 6.27. The molecule has 1 aliphatic carbocycles. The van der Waals surface area contributed by atoms with Crippen molar-refractivity contribution in [3.63, 3.8) is 0 Å². The molecule has 0 amide bonds. The number of esters is 1. The number of hydrogen-bond acceptors (Lipinski definition) is 4. The van der Waals surface area contributed by atoms with Crippen LogP contribution in [0.3, 0.4) is 0 Å². The van der Waals surface area contributed by atoms with Crippen LogP contribution in [0.1, 0.15) is 53.4 Å². The highest BCUT2D eigenvalue weighted by atomic mass is 16.5. The maximum absolute atomic E-state index is 11.6. The van der Waals surface area contributed by atoms with Crippen LogP contribution in [-0.4, -0.2) is 35.9 Å². The van der Waals surface area contributed by atoms with Gasteiger partial charge in [0.2, 0.25) is 0 Å². The number of carbonyl (C=O) groups is 1. The molecule has 0 spiro atoms. The number of aliphatic hydroxyl groups is 1. The van der Waals surface area contributed by atoms with E-state index in [2.05, 4.69) is 26.1 Å². The van der Waals surface area contributed by atoms with Gasteiger partial charge in [0.1, 0.15) is 0 Å². The van der Waals surface area contributed by atoms with Crippen molar-refractivity contribution in [2.45, 2.75) is 65.0 Å². The van der Waals surface area contributed by atoms with E-state index in [0.29, 0.717) is 38.0 Å². The second kappa shape index (κ2) is 7.25. The third-order valence-electron chi connectivity index (χ3n) is 4.29. The maximum Gasteiger partial charge on any atom is 0.308 e. The van der Waals surface area contributed by atoms with Crippen LogP contribution in [-0.2, 0) is 9.53 Å². The molecule has 4 heteroatoms. The summed E-state index contributed by atoms with van der Waals surface area (Å²) in [6, 6.07) is 0.395. The van der Waals surface area contributed by atoms with E-state index in [4.69, 9.17) is 4.74 Å². The monoisotopic (exact) mass is 271 g/mol. The molecule has 0 aromatic heterocycles. The van der Waals surface area contributed by atoms with Crippen LogP contribution in [0.15, 0.2) is 0 Å². The summed E-state index contributed by atoms with van der Waals surface area (Å²) in [7, 11) is 0. The van der Waals surface area contributed by atoms with Crippen molar-refractivity contribution in [1.82, 2.24) is 5.32 Å². The molecule has 0 saturated heterocycles. The van der Waals surface area contributed by atoms with Crippen molar-refractivity contribution >= 4 is 5.97 Å². The summed E-state index contributed by atoms with van der Waals surface area (Å²) < 4.78 is 5.04. The fraction of sp³-hybridized carbons (Fsp3) is 0.933. The normalized spacial score (nSPS) is 29.3. The lowest BCUT2D eigenvalue weighted by Crippen LogP contribution is -2.47. The maximum atomic E-state index is 11.6. The van der Waals surface area contributed by atoms with Crippen LogP contribution >= 0.6 is 0 Å². The first-order valence-electron chi connectivity index (χ1n) is 7.50. The molecule has 0 aromatic carbocycles. The first kappa shape index (κ1) is 16.4. The highest BCUT2D eigenvalue weighted by molar-refractivity contribution is 5.72. The Morgan fingerprint density at radius 2 is 1.95 bits per heavy atom. The quantitative estimate of drug-likeness (QED) is 0.726. The number of carbonyl (C=O) groups excluding carboxylic acids is 1. The number of ether oxygens (including phenoxy) is 1. The molecular weight excluding hydrogens is 242 g/mol. The van der Waals surface area contributed by atoms with E-state index in [0.717, 1.165) is 12.8 Å². The molecule has 0 heterocycles. The average molecular weight is 271 g/mol. The highest BCUT2D eigenvalue weighted by Gasteiger charge is 2.36. The second-order valence-electron chi connectivity index (χ2n) is 6.16. The molecular formula is C15H29NO3. The van der Waals surface area contributed by atoms with Crippen LogP contribution < -0.4 is 5.32 Å². The SMILES string of the molecule is CCOC(=O)C1CCC(O)(CNC(C)C(C)C)CC1. The average Bonchev–Trinajstić information content (AvgIpc) is 2.37. The van der Waals surface area contributed by atoms with E-state index < -0.39 is 5.60 Å². The van der Waals surface area contributed by atoms with E-state index in [1.54, 1.807) is 0 Å². The lowest BCUT2D eigenvalue weighted by atomic mass is 9.78. The number of rotatable bonds is 6. The lowest BCUT2D eigenvalue weighted by Gasteiger charge is -2.36. The Bertz CT molecular complexity index is 283. The molecule has 0 radical (unpaired) electrons. The van der Waals surface area contributed by atoms with Gasteiger partial charge in [0, 0.05) is 12.6 Å². The minimum absolute atomic E-state index is 0.0252. The van der Waals surface area contributed by atoms with Crippen LogP contribution in [0.2, 0.25) is 0 Å². The van der Waals surface area contributed by atoms with Crippen molar-refractivity contribution in [1.29, 1.82) is 0 Å². The predicted octanol–water partition coefficient (Wildman–Crippen LogP) is 2.10. The van der Waals surface area contributed by atoms with Crippen LogP contribution in [0, 0.1) is 11.8 Å². The van der Waals surface area contributed by atoms with E-state index in [1.807, 2.05) is 6.92 Å². The van der Waals surface area contributed by atoms with E-state index in [1.165, 1.54) is 0 Å². The summed E-state index contributed by atoms with van der Waals surface area (Å²) in [5, 5.41) is 13.9.